The van der Waals surface area contributed by atoms with Crippen LogP contribution >= 0.6 is 0 Å². The standard InChI is InChI=1S/C17H18F2N4O4S/c1-3-22(4-2)28(26,27)17-10-14(23(24)25)7-8-16(17)21-20-11-12-5-6-13(18)9-15(12)19/h5-11,21H,3-4H2,1-2H3/b20-11-. The third-order valence-electron chi connectivity index (χ3n) is 3.85. The van der Waals surface area contributed by atoms with Crippen LogP contribution in [0.1, 0.15) is 19.4 Å². The van der Waals surface area contributed by atoms with E-state index in [1.54, 1.807) is 13.8 Å². The van der Waals surface area contributed by atoms with Crippen LogP contribution in [0.5, 0.6) is 0 Å². The van der Waals surface area contributed by atoms with Gasteiger partial charge in [-0.3, -0.25) is 15.5 Å². The number of sulfonamides is 1. The van der Waals surface area contributed by atoms with Gasteiger partial charge in [0.2, 0.25) is 10.0 Å². The van der Waals surface area contributed by atoms with Gasteiger partial charge in [-0.2, -0.15) is 9.41 Å². The maximum atomic E-state index is 13.6. The molecule has 0 bridgehead atoms. The van der Waals surface area contributed by atoms with E-state index >= 15 is 0 Å². The third kappa shape index (κ3) is 4.67. The molecular weight excluding hydrogens is 394 g/mol. The quantitative estimate of drug-likeness (QED) is 0.407. The Bertz CT molecular complexity index is 1010. The molecule has 0 aromatic heterocycles. The Morgan fingerprint density at radius 1 is 1.18 bits per heavy atom. The van der Waals surface area contributed by atoms with E-state index in [2.05, 4.69) is 10.5 Å². The zero-order valence-corrected chi connectivity index (χ0v) is 15.9. The van der Waals surface area contributed by atoms with Crippen LogP contribution in [0.2, 0.25) is 0 Å². The number of nitrogens with zero attached hydrogens (tertiary/aromatic N) is 3. The monoisotopic (exact) mass is 412 g/mol. The number of hydrogen-bond acceptors (Lipinski definition) is 6. The highest BCUT2D eigenvalue weighted by atomic mass is 32.2. The molecule has 2 aromatic rings. The maximum Gasteiger partial charge on any atom is 0.270 e. The number of halogens is 2. The predicted octanol–water partition coefficient (Wildman–Crippen LogP) is 3.35. The summed E-state index contributed by atoms with van der Waals surface area (Å²) in [5.74, 6) is -1.59. The van der Waals surface area contributed by atoms with Crippen molar-refractivity contribution in [3.05, 3.63) is 63.7 Å². The molecule has 28 heavy (non-hydrogen) atoms. The molecular formula is C17H18F2N4O4S. The van der Waals surface area contributed by atoms with Gasteiger partial charge in [0.25, 0.3) is 5.69 Å². The Hall–Kier alpha value is -2.92. The van der Waals surface area contributed by atoms with Crippen LogP contribution in [0.3, 0.4) is 0 Å². The van der Waals surface area contributed by atoms with E-state index in [9.17, 15) is 27.3 Å². The van der Waals surface area contributed by atoms with E-state index < -0.39 is 32.3 Å². The molecule has 0 amide bonds. The molecule has 8 nitrogen and oxygen atoms in total. The summed E-state index contributed by atoms with van der Waals surface area (Å²) < 4.78 is 53.4. The van der Waals surface area contributed by atoms with Crippen molar-refractivity contribution in [2.45, 2.75) is 18.7 Å². The summed E-state index contributed by atoms with van der Waals surface area (Å²) in [6.07, 6.45) is 1.05. The zero-order valence-electron chi connectivity index (χ0n) is 15.1. The number of nitrogens with one attached hydrogen (secondary N) is 1. The van der Waals surface area contributed by atoms with Crippen molar-refractivity contribution in [3.8, 4) is 0 Å². The lowest BCUT2D eigenvalue weighted by molar-refractivity contribution is -0.385. The molecule has 2 rings (SSSR count). The first-order valence-electron chi connectivity index (χ1n) is 8.23. The number of nitro groups is 1. The van der Waals surface area contributed by atoms with Crippen molar-refractivity contribution in [1.82, 2.24) is 4.31 Å². The van der Waals surface area contributed by atoms with Gasteiger partial charge >= 0.3 is 0 Å². The molecule has 0 aliphatic carbocycles. The van der Waals surface area contributed by atoms with Crippen molar-refractivity contribution < 1.29 is 22.1 Å². The number of anilines is 1. The van der Waals surface area contributed by atoms with Gasteiger partial charge in [0, 0.05) is 36.9 Å². The van der Waals surface area contributed by atoms with E-state index in [1.165, 1.54) is 12.1 Å². The van der Waals surface area contributed by atoms with Crippen LogP contribution in [0.4, 0.5) is 20.2 Å². The van der Waals surface area contributed by atoms with Crippen molar-refractivity contribution in [2.24, 2.45) is 5.10 Å². The number of benzene rings is 2. The molecule has 2 aromatic carbocycles. The molecule has 0 aliphatic rings. The topological polar surface area (TPSA) is 105 Å². The average Bonchev–Trinajstić information content (AvgIpc) is 2.64. The lowest BCUT2D eigenvalue weighted by Crippen LogP contribution is -2.31. The van der Waals surface area contributed by atoms with Gasteiger partial charge < -0.3 is 0 Å². The summed E-state index contributed by atoms with van der Waals surface area (Å²) in [6, 6.07) is 6.16. The summed E-state index contributed by atoms with van der Waals surface area (Å²) in [4.78, 5) is 10.0. The molecule has 1 N–H and O–H groups in total. The summed E-state index contributed by atoms with van der Waals surface area (Å²) in [5, 5.41) is 14.8. The minimum Gasteiger partial charge on any atom is -0.277 e. The summed E-state index contributed by atoms with van der Waals surface area (Å²) in [6.45, 7) is 3.62. The minimum atomic E-state index is -4.03. The van der Waals surface area contributed by atoms with E-state index in [4.69, 9.17) is 0 Å². The van der Waals surface area contributed by atoms with Crippen LogP contribution in [0, 0.1) is 21.7 Å². The lowest BCUT2D eigenvalue weighted by atomic mass is 10.2. The number of non-ortho nitro benzene ring substituents is 1. The SMILES string of the molecule is CCN(CC)S(=O)(=O)c1cc([N+](=O)[O-])ccc1N/N=C\c1ccc(F)cc1F. The van der Waals surface area contributed by atoms with Gasteiger partial charge in [0.05, 0.1) is 16.8 Å². The smallest absolute Gasteiger partial charge is 0.270 e. The van der Waals surface area contributed by atoms with E-state index in [0.29, 0.717) is 6.07 Å². The molecule has 0 radical (unpaired) electrons. The van der Waals surface area contributed by atoms with Crippen molar-refractivity contribution in [3.63, 3.8) is 0 Å². The first-order valence-corrected chi connectivity index (χ1v) is 9.67. The summed E-state index contributed by atoms with van der Waals surface area (Å²) in [5.41, 5.74) is 2.02. The Labute approximate surface area is 160 Å². The van der Waals surface area contributed by atoms with Crippen LogP contribution in [-0.2, 0) is 10.0 Å². The Morgan fingerprint density at radius 3 is 2.43 bits per heavy atom. The van der Waals surface area contributed by atoms with E-state index in [-0.39, 0.29) is 29.2 Å². The molecule has 0 saturated heterocycles. The Balaban J connectivity index is 2.43. The molecule has 0 atom stereocenters. The summed E-state index contributed by atoms with van der Waals surface area (Å²) >= 11 is 0. The van der Waals surface area contributed by atoms with E-state index in [1.807, 2.05) is 0 Å². The number of nitro benzene ring substituents is 1. The molecule has 150 valence electrons. The average molecular weight is 412 g/mol. The molecule has 0 aliphatic heterocycles. The van der Waals surface area contributed by atoms with Crippen LogP contribution in [-0.4, -0.2) is 37.0 Å². The number of rotatable bonds is 8. The lowest BCUT2D eigenvalue weighted by Gasteiger charge is -2.20. The Kier molecular flexibility index (Phi) is 6.75. The number of hydrazone groups is 1. The van der Waals surface area contributed by atoms with E-state index in [0.717, 1.165) is 28.7 Å². The first kappa shape index (κ1) is 21.4. The van der Waals surface area contributed by atoms with Crippen LogP contribution < -0.4 is 5.43 Å². The largest absolute Gasteiger partial charge is 0.277 e. The first-order chi connectivity index (χ1) is 13.2. The van der Waals surface area contributed by atoms with Crippen LogP contribution in [0.25, 0.3) is 0 Å². The fourth-order valence-electron chi connectivity index (χ4n) is 2.41. The van der Waals surface area contributed by atoms with Gasteiger partial charge in [-0.25, -0.2) is 17.2 Å². The molecule has 0 heterocycles. The highest BCUT2D eigenvalue weighted by Gasteiger charge is 2.27. The fraction of sp³-hybridized carbons (Fsp3) is 0.235. The second kappa shape index (κ2) is 8.85. The molecule has 0 spiro atoms. The molecule has 11 heteroatoms. The van der Waals surface area contributed by atoms with Crippen LogP contribution in [0.15, 0.2) is 46.4 Å². The third-order valence-corrected chi connectivity index (χ3v) is 5.94. The predicted molar refractivity (Wildman–Crippen MR) is 101 cm³/mol. The van der Waals surface area contributed by atoms with Gasteiger partial charge in [0.1, 0.15) is 16.5 Å². The molecule has 0 unspecified atom stereocenters. The zero-order chi connectivity index (χ0) is 20.9. The molecule has 0 saturated carbocycles. The fourth-order valence-corrected chi connectivity index (χ4v) is 4.03. The second-order valence-electron chi connectivity index (χ2n) is 5.56. The van der Waals surface area contributed by atoms with Gasteiger partial charge in [0.15, 0.2) is 0 Å². The normalized spacial score (nSPS) is 11.9. The maximum absolute atomic E-state index is 13.6. The van der Waals surface area contributed by atoms with Crippen molar-refractivity contribution in [1.29, 1.82) is 0 Å². The highest BCUT2D eigenvalue weighted by molar-refractivity contribution is 7.89. The summed E-state index contributed by atoms with van der Waals surface area (Å²) in [7, 11) is -4.03. The van der Waals surface area contributed by atoms with Crippen molar-refractivity contribution in [2.75, 3.05) is 18.5 Å². The van der Waals surface area contributed by atoms with Crippen molar-refractivity contribution >= 4 is 27.6 Å². The second-order valence-corrected chi connectivity index (χ2v) is 7.47. The van der Waals surface area contributed by atoms with Gasteiger partial charge in [-0.15, -0.1) is 0 Å². The number of hydrogen-bond donors (Lipinski definition) is 1. The van der Waals surface area contributed by atoms with Gasteiger partial charge in [-0.05, 0) is 18.2 Å². The molecule has 0 fully saturated rings. The highest BCUT2D eigenvalue weighted by Crippen LogP contribution is 2.29. The minimum absolute atomic E-state index is 0.0173. The Morgan fingerprint density at radius 2 is 1.86 bits per heavy atom. The van der Waals surface area contributed by atoms with Gasteiger partial charge in [-0.1, -0.05) is 13.8 Å².